The molecule has 2 aromatic rings. The summed E-state index contributed by atoms with van der Waals surface area (Å²) in [7, 11) is 1.84. The first-order valence-electron chi connectivity index (χ1n) is 9.98. The lowest BCUT2D eigenvalue weighted by atomic mass is 9.99. The molecule has 0 saturated carbocycles. The molecule has 0 bridgehead atoms. The number of fused-ring (bicyclic) bond motifs is 1. The smallest absolute Gasteiger partial charge is 0.190 e. The van der Waals surface area contributed by atoms with E-state index >= 15 is 0 Å². The third-order valence-corrected chi connectivity index (χ3v) is 5.41. The van der Waals surface area contributed by atoms with Crippen molar-refractivity contribution in [3.63, 3.8) is 0 Å². The van der Waals surface area contributed by atoms with Gasteiger partial charge in [0.2, 0.25) is 0 Å². The summed E-state index contributed by atoms with van der Waals surface area (Å²) >= 11 is 0. The number of likely N-dealkylation sites (tertiary alicyclic amines) is 1. The third kappa shape index (κ3) is 6.68. The Morgan fingerprint density at radius 3 is 2.70 bits per heavy atom. The van der Waals surface area contributed by atoms with Crippen molar-refractivity contribution in [3.05, 3.63) is 36.0 Å². The Morgan fingerprint density at radius 1 is 1.19 bits per heavy atom. The van der Waals surface area contributed by atoms with Crippen LogP contribution in [0.5, 0.6) is 0 Å². The first kappa shape index (κ1) is 22.0. The maximum absolute atomic E-state index is 4.34. The van der Waals surface area contributed by atoms with Crippen LogP contribution in [0.25, 0.3) is 10.9 Å². The van der Waals surface area contributed by atoms with Gasteiger partial charge in [-0.05, 0) is 62.9 Å². The number of piperidine rings is 1. The second-order valence-corrected chi connectivity index (χ2v) is 7.41. The van der Waals surface area contributed by atoms with Gasteiger partial charge in [-0.25, -0.2) is 0 Å². The molecule has 0 aliphatic carbocycles. The first-order chi connectivity index (χ1) is 12.8. The molecule has 27 heavy (non-hydrogen) atoms. The summed E-state index contributed by atoms with van der Waals surface area (Å²) in [5, 5.41) is 8.18. The Morgan fingerprint density at radius 2 is 1.93 bits per heavy atom. The molecule has 1 saturated heterocycles. The normalized spacial score (nSPS) is 16.3. The minimum absolute atomic E-state index is 0. The van der Waals surface area contributed by atoms with Gasteiger partial charge in [-0.15, -0.1) is 24.0 Å². The van der Waals surface area contributed by atoms with Crippen molar-refractivity contribution in [3.8, 4) is 0 Å². The van der Waals surface area contributed by atoms with Crippen molar-refractivity contribution in [1.82, 2.24) is 20.5 Å². The molecule has 3 N–H and O–H groups in total. The fourth-order valence-electron chi connectivity index (χ4n) is 3.67. The highest BCUT2D eigenvalue weighted by Gasteiger charge is 2.14. The van der Waals surface area contributed by atoms with E-state index in [4.69, 9.17) is 0 Å². The Balaban J connectivity index is 0.00000261. The van der Waals surface area contributed by atoms with Gasteiger partial charge in [0.15, 0.2) is 5.96 Å². The van der Waals surface area contributed by atoms with Gasteiger partial charge in [-0.2, -0.15) is 0 Å². The van der Waals surface area contributed by atoms with Crippen molar-refractivity contribution in [2.75, 3.05) is 39.8 Å². The molecular weight excluding hydrogens is 449 g/mol. The molecule has 1 aromatic carbocycles. The summed E-state index contributed by atoms with van der Waals surface area (Å²) in [4.78, 5) is 10.3. The number of rotatable bonds is 7. The molecule has 1 aliphatic heterocycles. The summed E-state index contributed by atoms with van der Waals surface area (Å²) in [6.45, 7) is 7.93. The molecule has 5 nitrogen and oxygen atoms in total. The van der Waals surface area contributed by atoms with Crippen LogP contribution >= 0.6 is 24.0 Å². The number of para-hydroxylation sites is 1. The number of aromatic nitrogens is 1. The van der Waals surface area contributed by atoms with E-state index in [-0.39, 0.29) is 24.0 Å². The minimum atomic E-state index is 0. The second kappa shape index (κ2) is 11.5. The Kier molecular flexibility index (Phi) is 9.41. The van der Waals surface area contributed by atoms with Crippen LogP contribution in [0.2, 0.25) is 0 Å². The van der Waals surface area contributed by atoms with E-state index in [2.05, 4.69) is 62.9 Å². The number of aliphatic imine (C=N–C) groups is 1. The van der Waals surface area contributed by atoms with E-state index in [9.17, 15) is 0 Å². The zero-order valence-electron chi connectivity index (χ0n) is 16.6. The number of guanidine groups is 1. The average Bonchev–Trinajstić information content (AvgIpc) is 3.08. The van der Waals surface area contributed by atoms with E-state index < -0.39 is 0 Å². The maximum atomic E-state index is 4.34. The highest BCUT2D eigenvalue weighted by Crippen LogP contribution is 2.17. The number of nitrogens with one attached hydrogen (secondary N) is 3. The molecule has 1 aliphatic rings. The number of hydrogen-bond acceptors (Lipinski definition) is 2. The second-order valence-electron chi connectivity index (χ2n) is 7.41. The minimum Gasteiger partial charge on any atom is -0.361 e. The van der Waals surface area contributed by atoms with Crippen molar-refractivity contribution in [2.45, 2.75) is 32.6 Å². The number of benzene rings is 1. The molecule has 1 fully saturated rings. The number of H-pyrrole nitrogens is 1. The van der Waals surface area contributed by atoms with Crippen molar-refractivity contribution in [2.24, 2.45) is 10.9 Å². The van der Waals surface area contributed by atoms with Crippen LogP contribution in [0.4, 0.5) is 0 Å². The van der Waals surface area contributed by atoms with Crippen molar-refractivity contribution < 1.29 is 0 Å². The SMILES string of the molecule is CN=C(NCCCN1CCC(C)CC1)NCCc1c[nH]c2ccccc12.I. The van der Waals surface area contributed by atoms with E-state index in [1.807, 2.05) is 7.05 Å². The molecule has 0 radical (unpaired) electrons. The standard InChI is InChI=1S/C21H33N5.HI/c1-17-9-14-26(15-10-17)13-5-11-23-21(22-2)24-12-8-18-16-25-20-7-4-3-6-19(18)20;/h3-4,6-7,16-17,25H,5,8-15H2,1-2H3,(H2,22,23,24);1H. The van der Waals surface area contributed by atoms with E-state index in [0.29, 0.717) is 0 Å². The monoisotopic (exact) mass is 483 g/mol. The Hall–Kier alpha value is -1.28. The van der Waals surface area contributed by atoms with Gasteiger partial charge in [0.05, 0.1) is 0 Å². The molecule has 0 spiro atoms. The number of aromatic amines is 1. The largest absolute Gasteiger partial charge is 0.361 e. The lowest BCUT2D eigenvalue weighted by Crippen LogP contribution is -2.40. The number of nitrogens with zero attached hydrogens (tertiary/aromatic N) is 2. The van der Waals surface area contributed by atoms with Gasteiger partial charge < -0.3 is 20.5 Å². The number of halogens is 1. The average molecular weight is 483 g/mol. The van der Waals surface area contributed by atoms with Gasteiger partial charge in [0, 0.05) is 37.2 Å². The van der Waals surface area contributed by atoms with Crippen LogP contribution in [-0.2, 0) is 6.42 Å². The summed E-state index contributed by atoms with van der Waals surface area (Å²) in [6.07, 6.45) is 6.96. The lowest BCUT2D eigenvalue weighted by Gasteiger charge is -2.30. The lowest BCUT2D eigenvalue weighted by molar-refractivity contribution is 0.191. The topological polar surface area (TPSA) is 55.5 Å². The fourth-order valence-corrected chi connectivity index (χ4v) is 3.67. The maximum Gasteiger partial charge on any atom is 0.190 e. The predicted octanol–water partition coefficient (Wildman–Crippen LogP) is 3.62. The fraction of sp³-hybridized carbons (Fsp3) is 0.571. The van der Waals surface area contributed by atoms with Crippen LogP contribution in [-0.4, -0.2) is 55.6 Å². The molecule has 0 amide bonds. The van der Waals surface area contributed by atoms with Crippen LogP contribution in [0.1, 0.15) is 31.7 Å². The predicted molar refractivity (Wildman–Crippen MR) is 126 cm³/mol. The quantitative estimate of drug-likeness (QED) is 0.244. The number of hydrogen-bond donors (Lipinski definition) is 3. The van der Waals surface area contributed by atoms with Crippen LogP contribution in [0.15, 0.2) is 35.5 Å². The highest BCUT2D eigenvalue weighted by atomic mass is 127. The van der Waals surface area contributed by atoms with Gasteiger partial charge >= 0.3 is 0 Å². The summed E-state index contributed by atoms with van der Waals surface area (Å²) in [6, 6.07) is 8.46. The Bertz CT molecular complexity index is 703. The van der Waals surface area contributed by atoms with Gasteiger partial charge in [0.25, 0.3) is 0 Å². The van der Waals surface area contributed by atoms with Gasteiger partial charge in [-0.1, -0.05) is 25.1 Å². The van der Waals surface area contributed by atoms with Crippen LogP contribution in [0.3, 0.4) is 0 Å². The molecule has 1 aromatic heterocycles. The Labute approximate surface area is 180 Å². The first-order valence-corrected chi connectivity index (χ1v) is 9.98. The molecule has 0 atom stereocenters. The molecule has 6 heteroatoms. The van der Waals surface area contributed by atoms with Crippen molar-refractivity contribution in [1.29, 1.82) is 0 Å². The van der Waals surface area contributed by atoms with Crippen LogP contribution < -0.4 is 10.6 Å². The summed E-state index contributed by atoms with van der Waals surface area (Å²) in [5.41, 5.74) is 2.56. The third-order valence-electron chi connectivity index (χ3n) is 5.41. The van der Waals surface area contributed by atoms with E-state index in [0.717, 1.165) is 37.8 Å². The highest BCUT2D eigenvalue weighted by molar-refractivity contribution is 14.0. The summed E-state index contributed by atoms with van der Waals surface area (Å²) < 4.78 is 0. The van der Waals surface area contributed by atoms with Gasteiger partial charge in [-0.3, -0.25) is 4.99 Å². The molecule has 0 unspecified atom stereocenters. The van der Waals surface area contributed by atoms with Crippen molar-refractivity contribution >= 4 is 40.8 Å². The van der Waals surface area contributed by atoms with E-state index in [1.165, 1.54) is 48.9 Å². The van der Waals surface area contributed by atoms with E-state index in [1.54, 1.807) is 0 Å². The molecular formula is C21H34IN5. The molecule has 2 heterocycles. The zero-order chi connectivity index (χ0) is 18.2. The van der Waals surface area contributed by atoms with Gasteiger partial charge in [0.1, 0.15) is 0 Å². The summed E-state index contributed by atoms with van der Waals surface area (Å²) in [5.74, 6) is 1.81. The molecule has 150 valence electrons. The molecule has 3 rings (SSSR count). The van der Waals surface area contributed by atoms with Crippen LogP contribution in [0, 0.1) is 5.92 Å². The zero-order valence-corrected chi connectivity index (χ0v) is 19.0.